The average Bonchev–Trinajstić information content (AvgIpc) is 2.92. The maximum atomic E-state index is 13.9. The van der Waals surface area contributed by atoms with E-state index in [1.165, 1.54) is 18.9 Å². The zero-order valence-corrected chi connectivity index (χ0v) is 20.0. The first kappa shape index (κ1) is 23.5. The summed E-state index contributed by atoms with van der Waals surface area (Å²) >= 11 is 1.43. The second kappa shape index (κ2) is 10.9. The number of thioether (sulfide) groups is 1. The molecule has 0 unspecified atom stereocenters. The summed E-state index contributed by atoms with van der Waals surface area (Å²) < 4.78 is 10.0. The van der Waals surface area contributed by atoms with Gasteiger partial charge in [-0.15, -0.1) is 0 Å². The fourth-order valence-electron chi connectivity index (χ4n) is 4.04. The maximum absolute atomic E-state index is 13.9. The number of carbonyl (C=O) groups excluding carboxylic acids is 1. The highest BCUT2D eigenvalue weighted by atomic mass is 32.2. The van der Waals surface area contributed by atoms with Crippen molar-refractivity contribution in [3.63, 3.8) is 0 Å². The molecular weight excluding hydrogens is 442 g/mol. The van der Waals surface area contributed by atoms with Gasteiger partial charge in [0.15, 0.2) is 4.75 Å². The molecule has 172 valence electrons. The molecule has 0 aliphatic carbocycles. The van der Waals surface area contributed by atoms with Gasteiger partial charge in [0, 0.05) is 5.69 Å². The molecule has 4 aromatic carbocycles. The lowest BCUT2D eigenvalue weighted by Crippen LogP contribution is -2.43. The van der Waals surface area contributed by atoms with E-state index >= 15 is 0 Å². The summed E-state index contributed by atoms with van der Waals surface area (Å²) in [5, 5.41) is 3.65. The third-order valence-electron chi connectivity index (χ3n) is 5.66. The summed E-state index contributed by atoms with van der Waals surface area (Å²) in [7, 11) is 3.08. The first-order valence-electron chi connectivity index (χ1n) is 11.0. The largest absolute Gasteiger partial charge is 0.496 e. The fraction of sp³-hybridized carbons (Fsp3) is 0.138. The first-order chi connectivity index (χ1) is 16.7. The van der Waals surface area contributed by atoms with Crippen LogP contribution in [0, 0.1) is 0 Å². The quantitative estimate of drug-likeness (QED) is 0.218. The van der Waals surface area contributed by atoms with Crippen LogP contribution in [0.3, 0.4) is 0 Å². The number of anilines is 1. The summed E-state index contributed by atoms with van der Waals surface area (Å²) in [5.41, 5.74) is 2.69. The second-order valence-electron chi connectivity index (χ2n) is 7.70. The normalized spacial score (nSPS) is 13.4. The van der Waals surface area contributed by atoms with Gasteiger partial charge in [-0.25, -0.2) is 0 Å². The zero-order chi connectivity index (χ0) is 23.8. The van der Waals surface area contributed by atoms with Crippen molar-refractivity contribution in [3.05, 3.63) is 126 Å². The Balaban J connectivity index is 1.98. The minimum atomic E-state index is -1.16. The molecule has 0 heterocycles. The Hall–Kier alpha value is -3.70. The highest BCUT2D eigenvalue weighted by Crippen LogP contribution is 2.53. The highest BCUT2D eigenvalue weighted by Gasteiger charge is 2.51. The number of para-hydroxylation sites is 2. The lowest BCUT2D eigenvalue weighted by molar-refractivity contribution is -0.144. The molecule has 0 amide bonds. The number of methoxy groups -OCH3 is 2. The summed E-state index contributed by atoms with van der Waals surface area (Å²) in [6.07, 6.45) is 0. The molecular formula is C29H27NO3S. The molecule has 5 heteroatoms. The van der Waals surface area contributed by atoms with Crippen molar-refractivity contribution in [3.8, 4) is 5.75 Å². The van der Waals surface area contributed by atoms with Gasteiger partial charge in [0.25, 0.3) is 0 Å². The van der Waals surface area contributed by atoms with Crippen molar-refractivity contribution in [1.29, 1.82) is 0 Å². The van der Waals surface area contributed by atoms with Crippen LogP contribution in [0.25, 0.3) is 0 Å². The van der Waals surface area contributed by atoms with Crippen molar-refractivity contribution < 1.29 is 14.3 Å². The van der Waals surface area contributed by atoms with Crippen LogP contribution in [0.15, 0.2) is 120 Å². The van der Waals surface area contributed by atoms with Crippen LogP contribution in [0.5, 0.6) is 5.75 Å². The van der Waals surface area contributed by atoms with Crippen LogP contribution in [-0.2, 0) is 14.3 Å². The van der Waals surface area contributed by atoms with E-state index in [1.807, 2.05) is 115 Å². The number of hydrogen-bond donors (Lipinski definition) is 1. The summed E-state index contributed by atoms with van der Waals surface area (Å²) in [4.78, 5) is 14.8. The van der Waals surface area contributed by atoms with Crippen LogP contribution in [0.2, 0.25) is 0 Å². The summed E-state index contributed by atoms with van der Waals surface area (Å²) in [6.45, 7) is 0. The van der Waals surface area contributed by atoms with Crippen LogP contribution in [-0.4, -0.2) is 20.2 Å². The van der Waals surface area contributed by atoms with Gasteiger partial charge in [-0.2, -0.15) is 0 Å². The SMILES string of the molecule is COC(=O)[C@@](Sc1ccccc1OC)(c1ccccc1)[C@@H](Nc1ccccc1)c1ccccc1. The number of benzene rings is 4. The average molecular weight is 470 g/mol. The summed E-state index contributed by atoms with van der Waals surface area (Å²) in [6, 6.07) is 37.0. The van der Waals surface area contributed by atoms with Gasteiger partial charge in [0.1, 0.15) is 5.75 Å². The minimum Gasteiger partial charge on any atom is -0.496 e. The molecule has 0 aromatic heterocycles. The fourth-order valence-corrected chi connectivity index (χ4v) is 5.52. The molecule has 0 radical (unpaired) electrons. The van der Waals surface area contributed by atoms with Crippen molar-refractivity contribution in [2.75, 3.05) is 19.5 Å². The Morgan fingerprint density at radius 2 is 1.32 bits per heavy atom. The van der Waals surface area contributed by atoms with Crippen molar-refractivity contribution in [1.82, 2.24) is 0 Å². The maximum Gasteiger partial charge on any atom is 0.329 e. The van der Waals surface area contributed by atoms with Crippen molar-refractivity contribution >= 4 is 23.4 Å². The smallest absolute Gasteiger partial charge is 0.329 e. The number of rotatable bonds is 9. The predicted octanol–water partition coefficient (Wildman–Crippen LogP) is 6.71. The number of nitrogens with one attached hydrogen (secondary N) is 1. The van der Waals surface area contributed by atoms with Crippen LogP contribution in [0.4, 0.5) is 5.69 Å². The van der Waals surface area contributed by atoms with E-state index < -0.39 is 10.8 Å². The highest BCUT2D eigenvalue weighted by molar-refractivity contribution is 8.01. The lowest BCUT2D eigenvalue weighted by Gasteiger charge is -2.39. The molecule has 1 N–H and O–H groups in total. The van der Waals surface area contributed by atoms with Crippen LogP contribution >= 0.6 is 11.8 Å². The molecule has 0 saturated carbocycles. The van der Waals surface area contributed by atoms with Gasteiger partial charge in [-0.1, -0.05) is 103 Å². The van der Waals surface area contributed by atoms with Gasteiger partial charge in [0.2, 0.25) is 0 Å². The van der Waals surface area contributed by atoms with E-state index in [2.05, 4.69) is 5.32 Å². The molecule has 2 atom stereocenters. The molecule has 0 aliphatic heterocycles. The van der Waals surface area contributed by atoms with Gasteiger partial charge in [-0.05, 0) is 35.4 Å². The number of esters is 1. The van der Waals surface area contributed by atoms with E-state index in [1.54, 1.807) is 7.11 Å². The third-order valence-corrected chi connectivity index (χ3v) is 7.17. The standard InChI is InChI=1S/C29H27NO3S/c1-32-25-20-12-13-21-26(25)34-29(28(31)33-2,23-16-8-4-9-17-23)27(22-14-6-3-7-15-22)30-24-18-10-5-11-19-24/h3-21,27,30H,1-2H3/t27-,29+/m0/s1. The molecule has 0 bridgehead atoms. The van der Waals surface area contributed by atoms with Gasteiger partial charge < -0.3 is 14.8 Å². The molecule has 0 fully saturated rings. The Kier molecular flexibility index (Phi) is 7.55. The Bertz CT molecular complexity index is 1200. The number of carbonyl (C=O) groups is 1. The van der Waals surface area contributed by atoms with Gasteiger partial charge in [0.05, 0.1) is 25.2 Å². The zero-order valence-electron chi connectivity index (χ0n) is 19.2. The minimum absolute atomic E-state index is 0.355. The number of ether oxygens (including phenoxy) is 2. The molecule has 4 rings (SSSR count). The summed E-state index contributed by atoms with van der Waals surface area (Å²) in [5.74, 6) is 0.343. The van der Waals surface area contributed by atoms with E-state index in [0.29, 0.717) is 5.75 Å². The molecule has 34 heavy (non-hydrogen) atoms. The Labute approximate surface area is 204 Å². The predicted molar refractivity (Wildman–Crippen MR) is 138 cm³/mol. The number of hydrogen-bond acceptors (Lipinski definition) is 5. The molecule has 0 saturated heterocycles. The Morgan fingerprint density at radius 3 is 1.94 bits per heavy atom. The molecule has 0 aliphatic rings. The van der Waals surface area contributed by atoms with Crippen LogP contribution < -0.4 is 10.1 Å². The second-order valence-corrected chi connectivity index (χ2v) is 8.99. The lowest BCUT2D eigenvalue weighted by atomic mass is 9.85. The van der Waals surface area contributed by atoms with E-state index in [-0.39, 0.29) is 5.97 Å². The van der Waals surface area contributed by atoms with Crippen LogP contribution in [0.1, 0.15) is 17.2 Å². The molecule has 0 spiro atoms. The molecule has 4 nitrogen and oxygen atoms in total. The topological polar surface area (TPSA) is 47.6 Å². The Morgan fingerprint density at radius 1 is 0.765 bits per heavy atom. The molecule has 4 aromatic rings. The first-order valence-corrected chi connectivity index (χ1v) is 11.8. The van der Waals surface area contributed by atoms with Gasteiger partial charge >= 0.3 is 5.97 Å². The van der Waals surface area contributed by atoms with Crippen molar-refractivity contribution in [2.24, 2.45) is 0 Å². The third kappa shape index (κ3) is 4.80. The van der Waals surface area contributed by atoms with Gasteiger partial charge in [-0.3, -0.25) is 4.79 Å². The monoisotopic (exact) mass is 469 g/mol. The van der Waals surface area contributed by atoms with E-state index in [9.17, 15) is 4.79 Å². The van der Waals surface area contributed by atoms with E-state index in [0.717, 1.165) is 21.7 Å². The van der Waals surface area contributed by atoms with Crippen molar-refractivity contribution in [2.45, 2.75) is 15.7 Å². The van der Waals surface area contributed by atoms with E-state index in [4.69, 9.17) is 9.47 Å².